The summed E-state index contributed by atoms with van der Waals surface area (Å²) in [6, 6.07) is 18.9. The summed E-state index contributed by atoms with van der Waals surface area (Å²) in [6.45, 7) is 1.85. The third kappa shape index (κ3) is 3.97. The van der Waals surface area contributed by atoms with E-state index in [1.165, 1.54) is 15.5 Å². The molecule has 5 heteroatoms. The van der Waals surface area contributed by atoms with Gasteiger partial charge in [0.1, 0.15) is 0 Å². The number of hydrogen-bond acceptors (Lipinski definition) is 3. The van der Waals surface area contributed by atoms with Crippen molar-refractivity contribution in [2.45, 2.75) is 9.79 Å². The van der Waals surface area contributed by atoms with E-state index in [1.807, 2.05) is 29.6 Å². The molecule has 0 atom stereocenters. The van der Waals surface area contributed by atoms with E-state index in [2.05, 4.69) is 58.7 Å². The maximum atomic E-state index is 5.58. The summed E-state index contributed by atoms with van der Waals surface area (Å²) in [5, 5.41) is 4.23. The topological polar surface area (TPSA) is 15.3 Å². The summed E-state index contributed by atoms with van der Waals surface area (Å²) in [6.07, 6.45) is 0. The predicted octanol–water partition coefficient (Wildman–Crippen LogP) is 4.27. The number of fused-ring (bicyclic) bond motifs is 1. The standard InChI is InChI=1S/C17H18N2S3/c20-17(18-10-12-21-14-6-2-1-3-7-14)19-11-13-22-16-9-5-4-8-15(16)19/h1-9H,10-13H2,(H,18,20). The zero-order chi connectivity index (χ0) is 15.2. The van der Waals surface area contributed by atoms with E-state index in [4.69, 9.17) is 12.2 Å². The smallest absolute Gasteiger partial charge is 0.173 e. The fraction of sp³-hybridized carbons (Fsp3) is 0.235. The second-order valence-electron chi connectivity index (χ2n) is 4.86. The average Bonchev–Trinajstić information content (AvgIpc) is 2.59. The van der Waals surface area contributed by atoms with Crippen LogP contribution in [0.1, 0.15) is 0 Å². The Hall–Kier alpha value is -1.17. The van der Waals surface area contributed by atoms with Crippen LogP contribution in [0.25, 0.3) is 0 Å². The van der Waals surface area contributed by atoms with Gasteiger partial charge in [-0.05, 0) is 36.5 Å². The highest BCUT2D eigenvalue weighted by Gasteiger charge is 2.19. The molecule has 114 valence electrons. The molecule has 0 radical (unpaired) electrons. The van der Waals surface area contributed by atoms with Crippen LogP contribution >= 0.6 is 35.7 Å². The molecule has 1 N–H and O–H groups in total. The summed E-state index contributed by atoms with van der Waals surface area (Å²) >= 11 is 9.33. The molecule has 0 unspecified atom stereocenters. The molecule has 0 spiro atoms. The summed E-state index contributed by atoms with van der Waals surface area (Å²) in [5.41, 5.74) is 1.23. The Bertz CT molecular complexity index is 631. The van der Waals surface area contributed by atoms with E-state index in [0.29, 0.717) is 0 Å². The van der Waals surface area contributed by atoms with Gasteiger partial charge < -0.3 is 10.2 Å². The number of anilines is 1. The first-order valence-electron chi connectivity index (χ1n) is 7.29. The highest BCUT2D eigenvalue weighted by atomic mass is 32.2. The van der Waals surface area contributed by atoms with Gasteiger partial charge in [0.2, 0.25) is 0 Å². The van der Waals surface area contributed by atoms with E-state index in [0.717, 1.165) is 29.7 Å². The normalized spacial score (nSPS) is 13.5. The van der Waals surface area contributed by atoms with Gasteiger partial charge in [-0.25, -0.2) is 0 Å². The Morgan fingerprint density at radius 3 is 2.77 bits per heavy atom. The lowest BCUT2D eigenvalue weighted by molar-refractivity contribution is 0.926. The van der Waals surface area contributed by atoms with Crippen molar-refractivity contribution in [2.24, 2.45) is 0 Å². The molecule has 0 aliphatic carbocycles. The molecular formula is C17H18N2S3. The van der Waals surface area contributed by atoms with Crippen LogP contribution < -0.4 is 10.2 Å². The average molecular weight is 347 g/mol. The van der Waals surface area contributed by atoms with Crippen molar-refractivity contribution < 1.29 is 0 Å². The molecule has 0 fully saturated rings. The van der Waals surface area contributed by atoms with Crippen LogP contribution in [0, 0.1) is 0 Å². The number of rotatable bonds is 4. The van der Waals surface area contributed by atoms with E-state index in [9.17, 15) is 0 Å². The molecule has 0 bridgehead atoms. The molecule has 0 amide bonds. The maximum absolute atomic E-state index is 5.58. The van der Waals surface area contributed by atoms with Crippen molar-refractivity contribution in [1.82, 2.24) is 5.32 Å². The van der Waals surface area contributed by atoms with Crippen molar-refractivity contribution >= 4 is 46.5 Å². The third-order valence-corrected chi connectivity index (χ3v) is 5.79. The molecule has 0 saturated carbocycles. The number of thioether (sulfide) groups is 2. The van der Waals surface area contributed by atoms with Crippen LogP contribution in [-0.2, 0) is 0 Å². The second kappa shape index (κ2) is 7.90. The zero-order valence-electron chi connectivity index (χ0n) is 12.2. The number of para-hydroxylation sites is 1. The summed E-state index contributed by atoms with van der Waals surface area (Å²) in [7, 11) is 0. The molecule has 1 aliphatic rings. The van der Waals surface area contributed by atoms with Gasteiger partial charge in [-0.3, -0.25) is 0 Å². The monoisotopic (exact) mass is 346 g/mol. The van der Waals surface area contributed by atoms with Crippen LogP contribution in [0.4, 0.5) is 5.69 Å². The van der Waals surface area contributed by atoms with Crippen LogP contribution in [0.3, 0.4) is 0 Å². The van der Waals surface area contributed by atoms with Crippen LogP contribution in [0.5, 0.6) is 0 Å². The van der Waals surface area contributed by atoms with Crippen molar-refractivity contribution in [3.8, 4) is 0 Å². The second-order valence-corrected chi connectivity index (χ2v) is 7.55. The van der Waals surface area contributed by atoms with Gasteiger partial charge in [-0.2, -0.15) is 0 Å². The minimum atomic E-state index is 0.835. The Morgan fingerprint density at radius 1 is 1.14 bits per heavy atom. The molecule has 0 aromatic heterocycles. The predicted molar refractivity (Wildman–Crippen MR) is 102 cm³/mol. The molecule has 2 aromatic carbocycles. The molecule has 3 rings (SSSR count). The fourth-order valence-corrected chi connectivity index (χ4v) is 4.40. The van der Waals surface area contributed by atoms with Crippen LogP contribution in [0.2, 0.25) is 0 Å². The molecule has 22 heavy (non-hydrogen) atoms. The van der Waals surface area contributed by atoms with Gasteiger partial charge in [0, 0.05) is 34.4 Å². The highest BCUT2D eigenvalue weighted by Crippen LogP contribution is 2.34. The van der Waals surface area contributed by atoms with Gasteiger partial charge in [0.05, 0.1) is 5.69 Å². The number of nitrogens with one attached hydrogen (secondary N) is 1. The van der Waals surface area contributed by atoms with E-state index < -0.39 is 0 Å². The molecular weight excluding hydrogens is 328 g/mol. The Labute approximate surface area is 145 Å². The highest BCUT2D eigenvalue weighted by molar-refractivity contribution is 7.99. The number of hydrogen-bond donors (Lipinski definition) is 1. The molecule has 1 aliphatic heterocycles. The summed E-state index contributed by atoms with van der Waals surface area (Å²) in [4.78, 5) is 4.83. The first-order chi connectivity index (χ1) is 10.8. The Morgan fingerprint density at radius 2 is 1.91 bits per heavy atom. The summed E-state index contributed by atoms with van der Waals surface area (Å²) in [5.74, 6) is 2.09. The van der Waals surface area contributed by atoms with Crippen LogP contribution in [-0.4, -0.2) is 29.7 Å². The first kappa shape index (κ1) is 15.7. The Kier molecular flexibility index (Phi) is 5.64. The van der Waals surface area contributed by atoms with Gasteiger partial charge >= 0.3 is 0 Å². The molecule has 0 saturated heterocycles. The lowest BCUT2D eigenvalue weighted by atomic mass is 10.3. The number of thiocarbonyl (C=S) groups is 1. The van der Waals surface area contributed by atoms with Gasteiger partial charge in [0.25, 0.3) is 0 Å². The zero-order valence-corrected chi connectivity index (χ0v) is 14.6. The largest absolute Gasteiger partial charge is 0.361 e. The lowest BCUT2D eigenvalue weighted by Gasteiger charge is -2.31. The van der Waals surface area contributed by atoms with Gasteiger partial charge in [-0.15, -0.1) is 23.5 Å². The van der Waals surface area contributed by atoms with E-state index in [1.54, 1.807) is 0 Å². The first-order valence-corrected chi connectivity index (χ1v) is 9.67. The third-order valence-electron chi connectivity index (χ3n) is 3.36. The van der Waals surface area contributed by atoms with Crippen molar-refractivity contribution in [3.05, 3.63) is 54.6 Å². The summed E-state index contributed by atoms with van der Waals surface area (Å²) < 4.78 is 0. The molecule has 2 aromatic rings. The minimum absolute atomic E-state index is 0.835. The van der Waals surface area contributed by atoms with Crippen molar-refractivity contribution in [2.75, 3.05) is 29.5 Å². The maximum Gasteiger partial charge on any atom is 0.173 e. The quantitative estimate of drug-likeness (QED) is 0.504. The van der Waals surface area contributed by atoms with E-state index >= 15 is 0 Å². The number of nitrogens with zero attached hydrogens (tertiary/aromatic N) is 1. The van der Waals surface area contributed by atoms with Gasteiger partial charge in [0.15, 0.2) is 5.11 Å². The number of benzene rings is 2. The fourth-order valence-electron chi connectivity index (χ4n) is 2.32. The lowest BCUT2D eigenvalue weighted by Crippen LogP contribution is -2.43. The van der Waals surface area contributed by atoms with E-state index in [-0.39, 0.29) is 0 Å². The molecule has 1 heterocycles. The van der Waals surface area contributed by atoms with Crippen LogP contribution in [0.15, 0.2) is 64.4 Å². The molecule has 2 nitrogen and oxygen atoms in total. The Balaban J connectivity index is 1.51. The minimum Gasteiger partial charge on any atom is -0.361 e. The van der Waals surface area contributed by atoms with Crippen molar-refractivity contribution in [1.29, 1.82) is 0 Å². The SMILES string of the molecule is S=C(NCCSc1ccccc1)N1CCSc2ccccc21. The van der Waals surface area contributed by atoms with Gasteiger partial charge in [-0.1, -0.05) is 30.3 Å². The van der Waals surface area contributed by atoms with Crippen molar-refractivity contribution in [3.63, 3.8) is 0 Å².